The number of nitrogens with zero attached hydrogens (tertiary/aromatic N) is 1. The van der Waals surface area contributed by atoms with Gasteiger partial charge in [0.1, 0.15) is 17.2 Å². The van der Waals surface area contributed by atoms with Gasteiger partial charge < -0.3 is 14.2 Å². The molecule has 0 amide bonds. The van der Waals surface area contributed by atoms with Crippen LogP contribution in [0.2, 0.25) is 0 Å². The predicted octanol–water partition coefficient (Wildman–Crippen LogP) is 4.05. The van der Waals surface area contributed by atoms with Crippen molar-refractivity contribution in [2.75, 3.05) is 27.9 Å². The Balaban J connectivity index is 1.86. The van der Waals surface area contributed by atoms with E-state index in [0.29, 0.717) is 6.04 Å². The summed E-state index contributed by atoms with van der Waals surface area (Å²) in [5.74, 6) is 2.67. The van der Waals surface area contributed by atoms with Crippen LogP contribution in [0.15, 0.2) is 42.5 Å². The highest BCUT2D eigenvalue weighted by Gasteiger charge is 2.29. The van der Waals surface area contributed by atoms with Crippen LogP contribution in [0.5, 0.6) is 17.2 Å². The first-order valence-corrected chi connectivity index (χ1v) is 8.34. The summed E-state index contributed by atoms with van der Waals surface area (Å²) in [5, 5.41) is 0. The van der Waals surface area contributed by atoms with Crippen LogP contribution < -0.4 is 14.2 Å². The molecule has 1 fully saturated rings. The number of methoxy groups -OCH3 is 3. The molecule has 1 atom stereocenters. The molecule has 0 aromatic heterocycles. The first-order valence-electron chi connectivity index (χ1n) is 8.34. The smallest absolute Gasteiger partial charge is 0.127 e. The molecule has 2 aromatic carbocycles. The number of ether oxygens (including phenoxy) is 3. The molecule has 0 aliphatic carbocycles. The summed E-state index contributed by atoms with van der Waals surface area (Å²) in [5.41, 5.74) is 2.45. The lowest BCUT2D eigenvalue weighted by atomic mass is 10.0. The van der Waals surface area contributed by atoms with E-state index in [1.165, 1.54) is 17.5 Å². The summed E-state index contributed by atoms with van der Waals surface area (Å²) in [6.45, 7) is 1.96. The standard InChI is InChI=1S/C20H25NO3/c1-22-16-10-11-17(20(13-16)24-3)18-8-6-12-21(18)14-15-7-4-5-9-19(15)23-2/h4-5,7,9-11,13,18H,6,8,12,14H2,1-3H3. The Morgan fingerprint density at radius 1 is 0.958 bits per heavy atom. The van der Waals surface area contributed by atoms with Crippen molar-refractivity contribution in [3.63, 3.8) is 0 Å². The average Bonchev–Trinajstić information content (AvgIpc) is 3.09. The lowest BCUT2D eigenvalue weighted by Crippen LogP contribution is -2.23. The fourth-order valence-corrected chi connectivity index (χ4v) is 3.51. The first-order chi connectivity index (χ1) is 11.8. The molecule has 2 aromatic rings. The Bertz CT molecular complexity index is 686. The molecule has 1 aliphatic rings. The van der Waals surface area contributed by atoms with E-state index in [9.17, 15) is 0 Å². The normalized spacial score (nSPS) is 17.7. The molecule has 0 bridgehead atoms. The van der Waals surface area contributed by atoms with Crippen LogP contribution in [-0.4, -0.2) is 32.8 Å². The maximum absolute atomic E-state index is 5.61. The van der Waals surface area contributed by atoms with Gasteiger partial charge in [-0.1, -0.05) is 24.3 Å². The van der Waals surface area contributed by atoms with Crippen molar-refractivity contribution in [3.8, 4) is 17.2 Å². The SMILES string of the molecule is COc1ccc(C2CCCN2Cc2ccccc2OC)c(OC)c1. The lowest BCUT2D eigenvalue weighted by molar-refractivity contribution is 0.239. The number of para-hydroxylation sites is 1. The van der Waals surface area contributed by atoms with Gasteiger partial charge in [-0.25, -0.2) is 0 Å². The van der Waals surface area contributed by atoms with Crippen molar-refractivity contribution in [2.24, 2.45) is 0 Å². The summed E-state index contributed by atoms with van der Waals surface area (Å²) in [4.78, 5) is 2.50. The Morgan fingerprint density at radius 3 is 2.50 bits per heavy atom. The van der Waals surface area contributed by atoms with Gasteiger partial charge in [0, 0.05) is 29.8 Å². The molecule has 1 saturated heterocycles. The molecular weight excluding hydrogens is 302 g/mol. The van der Waals surface area contributed by atoms with Crippen molar-refractivity contribution in [1.82, 2.24) is 4.90 Å². The van der Waals surface area contributed by atoms with Gasteiger partial charge >= 0.3 is 0 Å². The Morgan fingerprint density at radius 2 is 1.75 bits per heavy atom. The predicted molar refractivity (Wildman–Crippen MR) is 94.9 cm³/mol. The van der Waals surface area contributed by atoms with Crippen LogP contribution >= 0.6 is 0 Å². The molecule has 0 spiro atoms. The van der Waals surface area contributed by atoms with Crippen LogP contribution in [0.25, 0.3) is 0 Å². The van der Waals surface area contributed by atoms with Crippen molar-refractivity contribution in [3.05, 3.63) is 53.6 Å². The second kappa shape index (κ2) is 7.58. The average molecular weight is 327 g/mol. The second-order valence-corrected chi connectivity index (χ2v) is 6.05. The Labute approximate surface area is 144 Å². The van der Waals surface area contributed by atoms with E-state index >= 15 is 0 Å². The highest BCUT2D eigenvalue weighted by atomic mass is 16.5. The zero-order valence-corrected chi connectivity index (χ0v) is 14.6. The van der Waals surface area contributed by atoms with Crippen LogP contribution in [0.3, 0.4) is 0 Å². The maximum atomic E-state index is 5.61. The molecular formula is C20H25NO3. The third kappa shape index (κ3) is 3.34. The Hall–Kier alpha value is -2.20. The fourth-order valence-electron chi connectivity index (χ4n) is 3.51. The third-order valence-electron chi connectivity index (χ3n) is 4.73. The quantitative estimate of drug-likeness (QED) is 0.801. The molecule has 0 saturated carbocycles. The molecule has 4 heteroatoms. The van der Waals surface area contributed by atoms with Crippen molar-refractivity contribution in [2.45, 2.75) is 25.4 Å². The molecule has 1 aliphatic heterocycles. The summed E-state index contributed by atoms with van der Waals surface area (Å²) in [6, 6.07) is 14.7. The highest BCUT2D eigenvalue weighted by Crippen LogP contribution is 2.39. The molecule has 3 rings (SSSR count). The van der Waals surface area contributed by atoms with E-state index < -0.39 is 0 Å². The van der Waals surface area contributed by atoms with Crippen molar-refractivity contribution < 1.29 is 14.2 Å². The number of benzene rings is 2. The van der Waals surface area contributed by atoms with E-state index in [2.05, 4.69) is 23.1 Å². The van der Waals surface area contributed by atoms with Crippen LogP contribution in [0.1, 0.15) is 30.0 Å². The van der Waals surface area contributed by atoms with Crippen LogP contribution in [0, 0.1) is 0 Å². The number of likely N-dealkylation sites (tertiary alicyclic amines) is 1. The molecule has 0 N–H and O–H groups in total. The van der Waals surface area contributed by atoms with Gasteiger partial charge in [-0.2, -0.15) is 0 Å². The molecule has 24 heavy (non-hydrogen) atoms. The first kappa shape index (κ1) is 16.7. The second-order valence-electron chi connectivity index (χ2n) is 6.05. The largest absolute Gasteiger partial charge is 0.497 e. The number of hydrogen-bond acceptors (Lipinski definition) is 4. The van der Waals surface area contributed by atoms with Gasteiger partial charge in [0.05, 0.1) is 21.3 Å². The minimum absolute atomic E-state index is 0.357. The van der Waals surface area contributed by atoms with Crippen LogP contribution in [0.4, 0.5) is 0 Å². The molecule has 128 valence electrons. The summed E-state index contributed by atoms with van der Waals surface area (Å²) in [7, 11) is 5.13. The summed E-state index contributed by atoms with van der Waals surface area (Å²) in [6.07, 6.45) is 2.33. The lowest BCUT2D eigenvalue weighted by Gasteiger charge is -2.27. The topological polar surface area (TPSA) is 30.9 Å². The molecule has 4 nitrogen and oxygen atoms in total. The zero-order valence-electron chi connectivity index (χ0n) is 14.6. The van der Waals surface area contributed by atoms with E-state index in [0.717, 1.165) is 36.8 Å². The van der Waals surface area contributed by atoms with Crippen molar-refractivity contribution >= 4 is 0 Å². The van der Waals surface area contributed by atoms with E-state index in [-0.39, 0.29) is 0 Å². The molecule has 1 heterocycles. The molecule has 1 unspecified atom stereocenters. The maximum Gasteiger partial charge on any atom is 0.127 e. The van der Waals surface area contributed by atoms with Crippen molar-refractivity contribution in [1.29, 1.82) is 0 Å². The van der Waals surface area contributed by atoms with E-state index in [1.54, 1.807) is 21.3 Å². The van der Waals surface area contributed by atoms with Gasteiger partial charge in [0.15, 0.2) is 0 Å². The summed E-state index contributed by atoms with van der Waals surface area (Å²) >= 11 is 0. The van der Waals surface area contributed by atoms with Gasteiger partial charge in [-0.05, 0) is 31.5 Å². The summed E-state index contributed by atoms with van der Waals surface area (Å²) < 4.78 is 16.4. The fraction of sp³-hybridized carbons (Fsp3) is 0.400. The molecule has 0 radical (unpaired) electrons. The Kier molecular flexibility index (Phi) is 5.26. The zero-order chi connectivity index (χ0) is 16.9. The minimum atomic E-state index is 0.357. The van der Waals surface area contributed by atoms with Crippen LogP contribution in [-0.2, 0) is 6.54 Å². The van der Waals surface area contributed by atoms with Gasteiger partial charge in [0.25, 0.3) is 0 Å². The number of hydrogen-bond donors (Lipinski definition) is 0. The monoisotopic (exact) mass is 327 g/mol. The van der Waals surface area contributed by atoms with Gasteiger partial charge in [0.2, 0.25) is 0 Å². The van der Waals surface area contributed by atoms with E-state index in [4.69, 9.17) is 14.2 Å². The minimum Gasteiger partial charge on any atom is -0.497 e. The highest BCUT2D eigenvalue weighted by molar-refractivity contribution is 5.43. The van der Waals surface area contributed by atoms with Gasteiger partial charge in [-0.3, -0.25) is 4.90 Å². The third-order valence-corrected chi connectivity index (χ3v) is 4.73. The van der Waals surface area contributed by atoms with E-state index in [1.807, 2.05) is 24.3 Å². The van der Waals surface area contributed by atoms with Gasteiger partial charge in [-0.15, -0.1) is 0 Å². The number of rotatable bonds is 6.